The molecule has 334 valence electrons. The molecule has 1 saturated carbocycles. The summed E-state index contributed by atoms with van der Waals surface area (Å²) in [5.41, 5.74) is 1.08. The van der Waals surface area contributed by atoms with Crippen LogP contribution in [0.3, 0.4) is 0 Å². The lowest BCUT2D eigenvalue weighted by atomic mass is 9.81. The van der Waals surface area contributed by atoms with Crippen LogP contribution in [0.4, 0.5) is 0 Å². The van der Waals surface area contributed by atoms with Gasteiger partial charge in [-0.2, -0.15) is 0 Å². The summed E-state index contributed by atoms with van der Waals surface area (Å²) >= 11 is 0. The third kappa shape index (κ3) is 11.5. The number of nitrogens with zero attached hydrogens (tertiary/aromatic N) is 1. The van der Waals surface area contributed by atoms with Crippen LogP contribution in [0.25, 0.3) is 0 Å². The van der Waals surface area contributed by atoms with E-state index in [1.54, 1.807) is 40.7 Å². The maximum absolute atomic E-state index is 14.4. The van der Waals surface area contributed by atoms with Gasteiger partial charge in [-0.05, 0) is 94.6 Å². The first-order valence-electron chi connectivity index (χ1n) is 21.4. The molecule has 3 heterocycles. The number of rotatable bonds is 6. The molecule has 4 rings (SSSR count). The molecule has 3 fully saturated rings. The van der Waals surface area contributed by atoms with Gasteiger partial charge in [-0.15, -0.1) is 0 Å². The minimum atomic E-state index is -2.60. The number of amides is 1. The van der Waals surface area contributed by atoms with E-state index in [-0.39, 0.29) is 50.4 Å². The highest BCUT2D eigenvalue weighted by Crippen LogP contribution is 2.39. The van der Waals surface area contributed by atoms with Gasteiger partial charge in [0.05, 0.1) is 30.5 Å². The number of methoxy groups -OCH3 is 2. The van der Waals surface area contributed by atoms with Crippen molar-refractivity contribution in [2.45, 2.75) is 173 Å². The first-order chi connectivity index (χ1) is 27.8. The Bertz CT molecular complexity index is 1560. The van der Waals surface area contributed by atoms with Gasteiger partial charge in [0.1, 0.15) is 30.1 Å². The molecule has 0 aromatic heterocycles. The normalized spacial score (nSPS) is 41.2. The molecule has 15 nitrogen and oxygen atoms in total. The van der Waals surface area contributed by atoms with Crippen molar-refractivity contribution in [2.24, 2.45) is 29.6 Å². The molecule has 1 amide bonds. The van der Waals surface area contributed by atoms with Crippen molar-refractivity contribution in [2.75, 3.05) is 20.8 Å². The molecule has 3 aliphatic heterocycles. The average molecular weight is 836 g/mol. The maximum Gasteiger partial charge on any atom is 0.329 e. The van der Waals surface area contributed by atoms with Crippen LogP contribution in [0.5, 0.6) is 0 Å². The Hall–Kier alpha value is -3.05. The van der Waals surface area contributed by atoms with E-state index in [4.69, 9.17) is 23.7 Å². The van der Waals surface area contributed by atoms with Gasteiger partial charge in [0, 0.05) is 51.9 Å². The molecule has 15 atom stereocenters. The molecule has 59 heavy (non-hydrogen) atoms. The second-order valence-corrected chi connectivity index (χ2v) is 17.5. The second-order valence-electron chi connectivity index (χ2n) is 17.5. The summed E-state index contributed by atoms with van der Waals surface area (Å²) in [5.74, 6) is -9.69. The summed E-state index contributed by atoms with van der Waals surface area (Å²) in [6.45, 7) is 11.7. The van der Waals surface area contributed by atoms with E-state index < -0.39 is 108 Å². The molecular weight excluding hydrogens is 766 g/mol. The molecule has 15 heteroatoms. The van der Waals surface area contributed by atoms with Gasteiger partial charge in [0.25, 0.3) is 11.7 Å². The quantitative estimate of drug-likeness (QED) is 0.172. The lowest BCUT2D eigenvalue weighted by molar-refractivity contribution is -0.302. The van der Waals surface area contributed by atoms with Crippen LogP contribution in [0.15, 0.2) is 23.3 Å². The Balaban J connectivity index is 1.84. The Morgan fingerprint density at radius 3 is 2.20 bits per heavy atom. The van der Waals surface area contributed by atoms with Crippen LogP contribution in [0.2, 0.25) is 0 Å². The Morgan fingerprint density at radius 2 is 1.59 bits per heavy atom. The molecule has 0 aromatic carbocycles. The van der Waals surface area contributed by atoms with E-state index in [0.29, 0.717) is 43.3 Å². The van der Waals surface area contributed by atoms with Crippen molar-refractivity contribution in [3.05, 3.63) is 23.3 Å². The molecule has 2 saturated heterocycles. The lowest BCUT2D eigenvalue weighted by Crippen LogP contribution is -2.64. The van der Waals surface area contributed by atoms with Crippen molar-refractivity contribution < 1.29 is 68.1 Å². The van der Waals surface area contributed by atoms with Crippen molar-refractivity contribution in [1.29, 1.82) is 0 Å². The summed E-state index contributed by atoms with van der Waals surface area (Å²) in [6, 6.07) is -1.21. The number of fused-ring (bicyclic) bond motifs is 3. The van der Waals surface area contributed by atoms with E-state index in [0.717, 1.165) is 4.90 Å². The molecule has 1 aliphatic carbocycles. The van der Waals surface area contributed by atoms with Gasteiger partial charge in [-0.25, -0.2) is 4.79 Å². The topological polar surface area (TPSA) is 216 Å². The highest BCUT2D eigenvalue weighted by atomic mass is 16.7. The van der Waals surface area contributed by atoms with Gasteiger partial charge >= 0.3 is 11.9 Å². The number of ether oxygens (including phenoxy) is 5. The predicted octanol–water partition coefficient (Wildman–Crippen LogP) is 3.36. The first kappa shape index (κ1) is 48.6. The minimum Gasteiger partial charge on any atom is -0.462 e. The van der Waals surface area contributed by atoms with Gasteiger partial charge in [0.15, 0.2) is 0 Å². The Labute approximate surface area is 348 Å². The fourth-order valence-electron chi connectivity index (χ4n) is 9.42. The fourth-order valence-corrected chi connectivity index (χ4v) is 9.42. The van der Waals surface area contributed by atoms with Crippen molar-refractivity contribution in [3.63, 3.8) is 0 Å². The smallest absolute Gasteiger partial charge is 0.329 e. The van der Waals surface area contributed by atoms with Crippen LogP contribution < -0.4 is 0 Å². The third-order valence-electron chi connectivity index (χ3n) is 13.2. The van der Waals surface area contributed by atoms with Crippen molar-refractivity contribution >= 4 is 29.4 Å². The third-order valence-corrected chi connectivity index (χ3v) is 13.2. The van der Waals surface area contributed by atoms with Crippen molar-refractivity contribution in [1.82, 2.24) is 4.90 Å². The summed E-state index contributed by atoms with van der Waals surface area (Å²) in [5, 5.41) is 44.2. The maximum atomic E-state index is 14.4. The number of cyclic esters (lactones) is 1. The van der Waals surface area contributed by atoms with E-state index >= 15 is 0 Å². The standard InChI is InChI=1S/C44H69NO14/c1-10-30-18-23(2)38(50)24(3)19-36(55-8)40-37(56-9)20-26(5)44(54,59-40)41(51)42(52)45-16-12-11-13-31(45)43(53)58-39(27(6)35(22-33(30)48)57-28(7)46)25(4)17-29-14-15-32(47)34(49)21-29/h17-18,24,26-27,29-32,34-40,47,49-50,54H,10-16,19-22H2,1-9H3/b23-18+,25-17?. The minimum absolute atomic E-state index is 0.0295. The van der Waals surface area contributed by atoms with Crippen molar-refractivity contribution in [3.8, 4) is 0 Å². The summed E-state index contributed by atoms with van der Waals surface area (Å²) in [4.78, 5) is 70.8. The van der Waals surface area contributed by atoms with Crippen LogP contribution in [0, 0.1) is 29.6 Å². The molecule has 2 bridgehead atoms. The van der Waals surface area contributed by atoms with Crippen LogP contribution in [0.1, 0.15) is 113 Å². The largest absolute Gasteiger partial charge is 0.462 e. The molecule has 0 radical (unpaired) electrons. The van der Waals surface area contributed by atoms with E-state index in [2.05, 4.69) is 0 Å². The molecule has 4 aliphatic rings. The number of carbonyl (C=O) groups excluding carboxylic acids is 5. The number of piperidine rings is 1. The summed E-state index contributed by atoms with van der Waals surface area (Å²) in [6.07, 6.45) is -1.07. The number of aliphatic hydroxyl groups is 4. The first-order valence-corrected chi connectivity index (χ1v) is 21.4. The number of allylic oxidation sites excluding steroid dienone is 2. The van der Waals surface area contributed by atoms with Gasteiger partial charge in [-0.3, -0.25) is 19.2 Å². The fraction of sp³-hybridized carbons (Fsp3) is 0.795. The summed E-state index contributed by atoms with van der Waals surface area (Å²) < 4.78 is 29.9. The highest BCUT2D eigenvalue weighted by molar-refractivity contribution is 6.39. The number of esters is 2. The van der Waals surface area contributed by atoms with Gasteiger partial charge in [0.2, 0.25) is 5.79 Å². The SMILES string of the molecule is CCC1/C=C(\C)C(O)C(C)CC(OC)C2OC(O)(C(=O)C(=O)N3CCCCC3C(=O)OC(C(C)=CC3CCC(O)C(O)C3)C(C)C(OC(C)=O)CC1=O)C(C)CC2OC. The predicted molar refractivity (Wildman–Crippen MR) is 214 cm³/mol. The summed E-state index contributed by atoms with van der Waals surface area (Å²) in [7, 11) is 2.92. The highest BCUT2D eigenvalue weighted by Gasteiger charge is 2.57. The van der Waals surface area contributed by atoms with Crippen LogP contribution in [-0.2, 0) is 47.7 Å². The number of carbonyl (C=O) groups is 5. The molecule has 0 aromatic rings. The van der Waals surface area contributed by atoms with E-state index in [9.17, 15) is 44.4 Å². The number of hydrogen-bond donors (Lipinski definition) is 4. The van der Waals surface area contributed by atoms with Gasteiger partial charge in [-0.1, -0.05) is 39.8 Å². The molecule has 0 spiro atoms. The average Bonchev–Trinajstić information content (AvgIpc) is 3.20. The number of aliphatic hydroxyl groups excluding tert-OH is 3. The number of Topliss-reactive ketones (excluding diaryl/α,β-unsaturated/α-hetero) is 2. The monoisotopic (exact) mass is 835 g/mol. The zero-order chi connectivity index (χ0) is 43.9. The van der Waals surface area contributed by atoms with Gasteiger partial charge < -0.3 is 49.0 Å². The lowest BCUT2D eigenvalue weighted by Gasteiger charge is -2.47. The Kier molecular flexibility index (Phi) is 17.4. The Morgan fingerprint density at radius 1 is 0.932 bits per heavy atom. The number of hydrogen-bond acceptors (Lipinski definition) is 14. The zero-order valence-electron chi connectivity index (χ0n) is 36.3. The number of ketones is 2. The van der Waals surface area contributed by atoms with Crippen LogP contribution >= 0.6 is 0 Å². The van der Waals surface area contributed by atoms with Crippen LogP contribution in [-0.4, -0.2) is 136 Å². The molecular formula is C44H69NO14. The molecule has 4 N–H and O–H groups in total. The second kappa shape index (κ2) is 21.2. The zero-order valence-corrected chi connectivity index (χ0v) is 36.3. The van der Waals surface area contributed by atoms with E-state index in [1.165, 1.54) is 21.1 Å². The van der Waals surface area contributed by atoms with E-state index in [1.807, 2.05) is 13.0 Å². The molecule has 15 unspecified atom stereocenters.